The Labute approximate surface area is 132 Å². The molecular formula is C15H19N3O3S. The van der Waals surface area contributed by atoms with Crippen LogP contribution in [0.5, 0.6) is 0 Å². The highest BCUT2D eigenvalue weighted by atomic mass is 32.2. The lowest BCUT2D eigenvalue weighted by Gasteiger charge is -2.15. The van der Waals surface area contributed by atoms with E-state index >= 15 is 0 Å². The number of carbonyl (C=O) groups is 1. The first-order valence-electron chi connectivity index (χ1n) is 7.01. The first-order valence-corrected chi connectivity index (χ1v) is 8.40. The van der Waals surface area contributed by atoms with Gasteiger partial charge in [-0.15, -0.1) is 0 Å². The van der Waals surface area contributed by atoms with Crippen LogP contribution in [0.15, 0.2) is 29.1 Å². The normalized spacial score (nSPS) is 12.3. The van der Waals surface area contributed by atoms with Crippen molar-refractivity contribution in [3.8, 4) is 0 Å². The van der Waals surface area contributed by atoms with E-state index in [0.717, 1.165) is 5.75 Å². The lowest BCUT2D eigenvalue weighted by atomic mass is 10.1. The minimum Gasteiger partial charge on any atom is -0.394 e. The van der Waals surface area contributed by atoms with Gasteiger partial charge in [-0.3, -0.25) is 9.59 Å². The molecule has 1 aromatic heterocycles. The van der Waals surface area contributed by atoms with Crippen molar-refractivity contribution in [1.29, 1.82) is 0 Å². The predicted octanol–water partition coefficient (Wildman–Crippen LogP) is 0.696. The third kappa shape index (κ3) is 4.08. The van der Waals surface area contributed by atoms with Crippen LogP contribution in [-0.4, -0.2) is 45.9 Å². The van der Waals surface area contributed by atoms with E-state index < -0.39 is 0 Å². The number of aromatic amines is 1. The SMILES string of the molecule is CSCCC(CO)NC(=O)Cc1n[nH]c(=O)c2ccccc12. The van der Waals surface area contributed by atoms with Gasteiger partial charge in [-0.05, 0) is 24.5 Å². The predicted molar refractivity (Wildman–Crippen MR) is 88.1 cm³/mol. The van der Waals surface area contributed by atoms with Gasteiger partial charge in [0.25, 0.3) is 5.56 Å². The van der Waals surface area contributed by atoms with Gasteiger partial charge in [0.1, 0.15) is 0 Å². The molecule has 0 bridgehead atoms. The molecule has 1 unspecified atom stereocenters. The molecule has 6 nitrogen and oxygen atoms in total. The topological polar surface area (TPSA) is 95.1 Å². The first kappa shape index (κ1) is 16.5. The van der Waals surface area contributed by atoms with E-state index in [-0.39, 0.29) is 30.5 Å². The number of hydrogen-bond acceptors (Lipinski definition) is 5. The monoisotopic (exact) mass is 321 g/mol. The maximum Gasteiger partial charge on any atom is 0.272 e. The zero-order valence-corrected chi connectivity index (χ0v) is 13.2. The Morgan fingerprint density at radius 2 is 2.14 bits per heavy atom. The number of aromatic nitrogens is 2. The smallest absolute Gasteiger partial charge is 0.272 e. The van der Waals surface area contributed by atoms with Crippen LogP contribution >= 0.6 is 11.8 Å². The molecule has 0 aliphatic heterocycles. The number of H-pyrrole nitrogens is 1. The lowest BCUT2D eigenvalue weighted by molar-refractivity contribution is -0.121. The highest BCUT2D eigenvalue weighted by molar-refractivity contribution is 7.98. The van der Waals surface area contributed by atoms with Gasteiger partial charge in [0, 0.05) is 5.39 Å². The van der Waals surface area contributed by atoms with Crippen LogP contribution in [0.2, 0.25) is 0 Å². The molecule has 0 fully saturated rings. The van der Waals surface area contributed by atoms with Crippen LogP contribution in [0, 0.1) is 0 Å². The quantitative estimate of drug-likeness (QED) is 0.697. The fourth-order valence-electron chi connectivity index (χ4n) is 2.21. The van der Waals surface area contributed by atoms with Crippen LogP contribution in [-0.2, 0) is 11.2 Å². The number of aliphatic hydroxyl groups excluding tert-OH is 1. The van der Waals surface area contributed by atoms with Crippen molar-refractivity contribution in [2.45, 2.75) is 18.9 Å². The Kier molecular flexibility index (Phi) is 5.97. The van der Waals surface area contributed by atoms with E-state index in [4.69, 9.17) is 0 Å². The summed E-state index contributed by atoms with van der Waals surface area (Å²) in [5.41, 5.74) is 0.252. The summed E-state index contributed by atoms with van der Waals surface area (Å²) in [6.45, 7) is -0.0912. The van der Waals surface area contributed by atoms with Crippen LogP contribution < -0.4 is 10.9 Å². The van der Waals surface area contributed by atoms with Gasteiger partial charge < -0.3 is 10.4 Å². The molecule has 0 saturated heterocycles. The highest BCUT2D eigenvalue weighted by Crippen LogP contribution is 2.12. The number of nitrogens with one attached hydrogen (secondary N) is 2. The number of aliphatic hydroxyl groups is 1. The number of hydrogen-bond donors (Lipinski definition) is 3. The van der Waals surface area contributed by atoms with Crippen molar-refractivity contribution >= 4 is 28.4 Å². The fourth-order valence-corrected chi connectivity index (χ4v) is 2.73. The average Bonchev–Trinajstić information content (AvgIpc) is 2.54. The molecule has 1 aromatic carbocycles. The van der Waals surface area contributed by atoms with E-state index in [0.29, 0.717) is 22.9 Å². The summed E-state index contributed by atoms with van der Waals surface area (Å²) in [5, 5.41) is 19.7. The number of carbonyl (C=O) groups excluding carboxylic acids is 1. The van der Waals surface area contributed by atoms with E-state index in [9.17, 15) is 14.7 Å². The second kappa shape index (κ2) is 7.95. The number of benzene rings is 1. The summed E-state index contributed by atoms with van der Waals surface area (Å²) in [6, 6.07) is 6.80. The van der Waals surface area contributed by atoms with Gasteiger partial charge in [0.05, 0.1) is 30.1 Å². The number of thioether (sulfide) groups is 1. The van der Waals surface area contributed by atoms with Crippen molar-refractivity contribution in [1.82, 2.24) is 15.5 Å². The molecule has 0 radical (unpaired) electrons. The van der Waals surface area contributed by atoms with E-state index in [1.54, 1.807) is 36.0 Å². The molecule has 0 spiro atoms. The van der Waals surface area contributed by atoms with Crippen molar-refractivity contribution in [3.63, 3.8) is 0 Å². The number of nitrogens with zero attached hydrogens (tertiary/aromatic N) is 1. The molecule has 2 rings (SSSR count). The summed E-state index contributed by atoms with van der Waals surface area (Å²) in [5.74, 6) is 0.649. The third-order valence-electron chi connectivity index (χ3n) is 3.36. The Hall–Kier alpha value is -1.86. The molecule has 0 aliphatic rings. The molecule has 2 aromatic rings. The summed E-state index contributed by atoms with van der Waals surface area (Å²) in [6.07, 6.45) is 2.75. The van der Waals surface area contributed by atoms with Crippen molar-refractivity contribution in [2.75, 3.05) is 18.6 Å². The van der Waals surface area contributed by atoms with Gasteiger partial charge in [0.15, 0.2) is 0 Å². The number of rotatable bonds is 7. The van der Waals surface area contributed by atoms with Crippen molar-refractivity contribution in [3.05, 3.63) is 40.3 Å². The standard InChI is InChI=1S/C15H19N3O3S/c1-22-7-6-10(9-19)16-14(20)8-13-11-4-2-3-5-12(11)15(21)18-17-13/h2-5,10,19H,6-9H2,1H3,(H,16,20)(H,18,21). The average molecular weight is 321 g/mol. The van der Waals surface area contributed by atoms with E-state index in [1.165, 1.54) is 0 Å². The summed E-state index contributed by atoms with van der Waals surface area (Å²) in [7, 11) is 0. The first-order chi connectivity index (χ1) is 10.7. The number of amides is 1. The molecule has 0 aliphatic carbocycles. The number of fused-ring (bicyclic) bond motifs is 1. The Balaban J connectivity index is 2.12. The van der Waals surface area contributed by atoms with Gasteiger partial charge in [-0.1, -0.05) is 18.2 Å². The van der Waals surface area contributed by atoms with Gasteiger partial charge in [-0.2, -0.15) is 16.9 Å². The molecule has 3 N–H and O–H groups in total. The molecule has 1 atom stereocenters. The van der Waals surface area contributed by atoms with Crippen LogP contribution in [0.3, 0.4) is 0 Å². The summed E-state index contributed by atoms with van der Waals surface area (Å²) < 4.78 is 0. The second-order valence-corrected chi connectivity index (χ2v) is 5.94. The molecule has 0 saturated carbocycles. The minimum atomic E-state index is -0.270. The van der Waals surface area contributed by atoms with Gasteiger partial charge >= 0.3 is 0 Å². The maximum absolute atomic E-state index is 12.1. The lowest BCUT2D eigenvalue weighted by Crippen LogP contribution is -2.39. The largest absolute Gasteiger partial charge is 0.394 e. The Bertz CT molecular complexity index is 702. The van der Waals surface area contributed by atoms with Crippen LogP contribution in [0.4, 0.5) is 0 Å². The third-order valence-corrected chi connectivity index (χ3v) is 4.00. The Morgan fingerprint density at radius 3 is 2.82 bits per heavy atom. The molecule has 7 heteroatoms. The molecular weight excluding hydrogens is 302 g/mol. The van der Waals surface area contributed by atoms with Gasteiger partial charge in [-0.25, -0.2) is 5.10 Å². The second-order valence-electron chi connectivity index (χ2n) is 4.95. The minimum absolute atomic E-state index is 0.0626. The van der Waals surface area contributed by atoms with Crippen LogP contribution in [0.1, 0.15) is 12.1 Å². The summed E-state index contributed by atoms with van der Waals surface area (Å²) >= 11 is 1.67. The van der Waals surface area contributed by atoms with Crippen LogP contribution in [0.25, 0.3) is 10.8 Å². The van der Waals surface area contributed by atoms with Crippen molar-refractivity contribution < 1.29 is 9.90 Å². The molecule has 1 heterocycles. The Morgan fingerprint density at radius 1 is 1.41 bits per heavy atom. The zero-order chi connectivity index (χ0) is 15.9. The molecule has 118 valence electrons. The van der Waals surface area contributed by atoms with E-state index in [2.05, 4.69) is 15.5 Å². The maximum atomic E-state index is 12.1. The highest BCUT2D eigenvalue weighted by Gasteiger charge is 2.14. The molecule has 1 amide bonds. The fraction of sp³-hybridized carbons (Fsp3) is 0.400. The summed E-state index contributed by atoms with van der Waals surface area (Å²) in [4.78, 5) is 23.8. The van der Waals surface area contributed by atoms with E-state index in [1.807, 2.05) is 6.26 Å². The van der Waals surface area contributed by atoms with Gasteiger partial charge in [0.2, 0.25) is 5.91 Å². The van der Waals surface area contributed by atoms with Crippen molar-refractivity contribution in [2.24, 2.45) is 0 Å². The zero-order valence-electron chi connectivity index (χ0n) is 12.3. The molecule has 22 heavy (non-hydrogen) atoms.